The summed E-state index contributed by atoms with van der Waals surface area (Å²) in [6.07, 6.45) is 2.02. The van der Waals surface area contributed by atoms with Crippen LogP contribution in [-0.2, 0) is 6.42 Å². The minimum absolute atomic E-state index is 0.118. The number of alkyl halides is 2. The molecule has 164 valence electrons. The number of rotatable bonds is 6. The molecule has 0 aliphatic carbocycles. The molecule has 0 amide bonds. The molecule has 0 fully saturated rings. The van der Waals surface area contributed by atoms with E-state index in [1.165, 1.54) is 17.7 Å². The van der Waals surface area contributed by atoms with Crippen LogP contribution < -0.4 is 4.74 Å². The number of hydrogen-bond donors (Lipinski definition) is 0. The van der Waals surface area contributed by atoms with Gasteiger partial charge in [-0.1, -0.05) is 49.7 Å². The standard InChI is InChI=1S/C26H19F5O/c1-2-3-15-4-5-17-11-18(7-6-16(17)10-15)20-13-22(28)25(23(29)14-20)19-8-9-24(21(27)12-19)32-26(30)31/h4-14,26H,2-3H2,1H3. The largest absolute Gasteiger partial charge is 0.432 e. The molecule has 0 aromatic heterocycles. The lowest BCUT2D eigenvalue weighted by Gasteiger charge is -2.12. The Bertz CT molecular complexity index is 1260. The Labute approximate surface area is 182 Å². The molecule has 0 spiro atoms. The predicted octanol–water partition coefficient (Wildman–Crippen LogP) is 8.15. The highest BCUT2D eigenvalue weighted by Crippen LogP contribution is 2.34. The third kappa shape index (κ3) is 4.44. The summed E-state index contributed by atoms with van der Waals surface area (Å²) in [5, 5.41) is 1.99. The molecule has 0 bridgehead atoms. The van der Waals surface area contributed by atoms with Crippen molar-refractivity contribution in [1.82, 2.24) is 0 Å². The zero-order chi connectivity index (χ0) is 22.8. The van der Waals surface area contributed by atoms with Crippen LogP contribution >= 0.6 is 0 Å². The van der Waals surface area contributed by atoms with Crippen LogP contribution in [0.5, 0.6) is 5.75 Å². The molecule has 4 aromatic rings. The predicted molar refractivity (Wildman–Crippen MR) is 115 cm³/mol. The highest BCUT2D eigenvalue weighted by atomic mass is 19.3. The lowest BCUT2D eigenvalue weighted by molar-refractivity contribution is -0.0521. The summed E-state index contributed by atoms with van der Waals surface area (Å²) >= 11 is 0. The van der Waals surface area contributed by atoms with Crippen molar-refractivity contribution in [3.8, 4) is 28.0 Å². The molecule has 0 radical (unpaired) electrons. The fraction of sp³-hybridized carbons (Fsp3) is 0.154. The van der Waals surface area contributed by atoms with Gasteiger partial charge in [0.05, 0.1) is 5.56 Å². The van der Waals surface area contributed by atoms with E-state index in [-0.39, 0.29) is 5.56 Å². The maximum Gasteiger partial charge on any atom is 0.387 e. The maximum atomic E-state index is 14.9. The van der Waals surface area contributed by atoms with E-state index < -0.39 is 35.4 Å². The molecule has 0 unspecified atom stereocenters. The van der Waals surface area contributed by atoms with E-state index in [0.717, 1.165) is 41.8 Å². The summed E-state index contributed by atoms with van der Waals surface area (Å²) in [7, 11) is 0. The van der Waals surface area contributed by atoms with Crippen LogP contribution in [0.1, 0.15) is 18.9 Å². The van der Waals surface area contributed by atoms with Crippen molar-refractivity contribution in [2.45, 2.75) is 26.4 Å². The first kappa shape index (κ1) is 21.8. The Morgan fingerprint density at radius 1 is 0.688 bits per heavy atom. The molecule has 0 saturated heterocycles. The summed E-state index contributed by atoms with van der Waals surface area (Å²) in [4.78, 5) is 0. The van der Waals surface area contributed by atoms with Gasteiger partial charge in [0.15, 0.2) is 11.6 Å². The first-order chi connectivity index (χ1) is 15.4. The minimum Gasteiger partial charge on any atom is -0.432 e. The molecule has 0 heterocycles. The number of hydrogen-bond acceptors (Lipinski definition) is 1. The van der Waals surface area contributed by atoms with Crippen molar-refractivity contribution in [1.29, 1.82) is 0 Å². The van der Waals surface area contributed by atoms with Crippen molar-refractivity contribution in [3.05, 3.63) is 89.7 Å². The fourth-order valence-corrected chi connectivity index (χ4v) is 3.78. The van der Waals surface area contributed by atoms with Crippen LogP contribution in [0.4, 0.5) is 22.0 Å². The zero-order valence-electron chi connectivity index (χ0n) is 17.1. The van der Waals surface area contributed by atoms with Crippen LogP contribution in [0.3, 0.4) is 0 Å². The number of fused-ring (bicyclic) bond motifs is 1. The first-order valence-corrected chi connectivity index (χ1v) is 10.1. The Morgan fingerprint density at radius 2 is 1.31 bits per heavy atom. The Hall–Kier alpha value is -3.41. The molecule has 6 heteroatoms. The van der Waals surface area contributed by atoms with Gasteiger partial charge >= 0.3 is 6.61 Å². The van der Waals surface area contributed by atoms with Crippen LogP contribution in [0.25, 0.3) is 33.0 Å². The van der Waals surface area contributed by atoms with Gasteiger partial charge in [-0.3, -0.25) is 0 Å². The third-order valence-electron chi connectivity index (χ3n) is 5.26. The molecular formula is C26H19F5O. The van der Waals surface area contributed by atoms with Crippen LogP contribution in [0.2, 0.25) is 0 Å². The second-order valence-electron chi connectivity index (χ2n) is 7.48. The van der Waals surface area contributed by atoms with Gasteiger partial charge in [0, 0.05) is 0 Å². The number of benzene rings is 4. The SMILES string of the molecule is CCCc1ccc2cc(-c3cc(F)c(-c4ccc(OC(F)F)c(F)c4)c(F)c3)ccc2c1. The van der Waals surface area contributed by atoms with Gasteiger partial charge in [0.25, 0.3) is 0 Å². The summed E-state index contributed by atoms with van der Waals surface area (Å²) < 4.78 is 72.4. The second-order valence-corrected chi connectivity index (χ2v) is 7.48. The Balaban J connectivity index is 1.70. The van der Waals surface area contributed by atoms with E-state index in [9.17, 15) is 22.0 Å². The summed E-state index contributed by atoms with van der Waals surface area (Å²) in [6.45, 7) is -1.09. The third-order valence-corrected chi connectivity index (χ3v) is 5.26. The van der Waals surface area contributed by atoms with Gasteiger partial charge in [-0.15, -0.1) is 0 Å². The molecule has 0 saturated carbocycles. The second kappa shape index (κ2) is 8.99. The van der Waals surface area contributed by atoms with E-state index in [1.54, 1.807) is 6.07 Å². The maximum absolute atomic E-state index is 14.9. The number of ether oxygens (including phenoxy) is 1. The topological polar surface area (TPSA) is 9.23 Å². The van der Waals surface area contributed by atoms with Crippen molar-refractivity contribution in [3.63, 3.8) is 0 Å². The van der Waals surface area contributed by atoms with E-state index in [0.29, 0.717) is 11.1 Å². The van der Waals surface area contributed by atoms with E-state index in [2.05, 4.69) is 17.7 Å². The monoisotopic (exact) mass is 442 g/mol. The normalized spacial score (nSPS) is 11.3. The molecular weight excluding hydrogens is 423 g/mol. The molecule has 0 aliphatic rings. The fourth-order valence-electron chi connectivity index (χ4n) is 3.78. The highest BCUT2D eigenvalue weighted by Gasteiger charge is 2.17. The molecule has 0 N–H and O–H groups in total. The van der Waals surface area contributed by atoms with Crippen molar-refractivity contribution >= 4 is 10.8 Å². The summed E-state index contributed by atoms with van der Waals surface area (Å²) in [6, 6.07) is 16.8. The molecule has 32 heavy (non-hydrogen) atoms. The van der Waals surface area contributed by atoms with Crippen molar-refractivity contribution in [2.24, 2.45) is 0 Å². The molecule has 0 atom stereocenters. The first-order valence-electron chi connectivity index (χ1n) is 10.1. The van der Waals surface area contributed by atoms with E-state index >= 15 is 0 Å². The Morgan fingerprint density at radius 3 is 1.97 bits per heavy atom. The smallest absolute Gasteiger partial charge is 0.387 e. The van der Waals surface area contributed by atoms with Crippen LogP contribution in [0.15, 0.2) is 66.7 Å². The highest BCUT2D eigenvalue weighted by molar-refractivity contribution is 5.88. The van der Waals surface area contributed by atoms with Crippen molar-refractivity contribution < 1.29 is 26.7 Å². The summed E-state index contributed by atoms with van der Waals surface area (Å²) in [5.41, 5.74) is 1.64. The molecule has 4 rings (SSSR count). The van der Waals surface area contributed by atoms with Crippen LogP contribution in [0, 0.1) is 17.5 Å². The molecule has 4 aromatic carbocycles. The van der Waals surface area contributed by atoms with E-state index in [1.807, 2.05) is 24.3 Å². The minimum atomic E-state index is -3.21. The lowest BCUT2D eigenvalue weighted by Crippen LogP contribution is -2.03. The lowest BCUT2D eigenvalue weighted by atomic mass is 9.96. The zero-order valence-corrected chi connectivity index (χ0v) is 17.1. The quantitative estimate of drug-likeness (QED) is 0.274. The van der Waals surface area contributed by atoms with Gasteiger partial charge in [-0.2, -0.15) is 8.78 Å². The number of halogens is 5. The average molecular weight is 442 g/mol. The van der Waals surface area contributed by atoms with Gasteiger partial charge < -0.3 is 4.74 Å². The van der Waals surface area contributed by atoms with Crippen molar-refractivity contribution in [2.75, 3.05) is 0 Å². The molecule has 0 aliphatic heterocycles. The van der Waals surface area contributed by atoms with E-state index in [4.69, 9.17) is 0 Å². The van der Waals surface area contributed by atoms with Crippen LogP contribution in [-0.4, -0.2) is 6.61 Å². The van der Waals surface area contributed by atoms with Gasteiger partial charge in [0.2, 0.25) is 0 Å². The number of aryl methyl sites for hydroxylation is 1. The van der Waals surface area contributed by atoms with Gasteiger partial charge in [-0.25, -0.2) is 13.2 Å². The Kier molecular flexibility index (Phi) is 6.12. The van der Waals surface area contributed by atoms with Gasteiger partial charge in [0.1, 0.15) is 11.6 Å². The molecule has 1 nitrogen and oxygen atoms in total. The summed E-state index contributed by atoms with van der Waals surface area (Å²) in [5.74, 6) is -3.61. The average Bonchev–Trinajstić information content (AvgIpc) is 2.74. The van der Waals surface area contributed by atoms with Gasteiger partial charge in [-0.05, 0) is 69.8 Å².